The van der Waals surface area contributed by atoms with Gasteiger partial charge in [-0.05, 0) is 31.5 Å². The van der Waals surface area contributed by atoms with E-state index in [0.717, 1.165) is 38.0 Å². The van der Waals surface area contributed by atoms with E-state index in [1.54, 1.807) is 25.3 Å². The summed E-state index contributed by atoms with van der Waals surface area (Å²) in [7, 11) is 1.56. The lowest BCUT2D eigenvalue weighted by Gasteiger charge is -2.26. The molecule has 1 fully saturated rings. The molecule has 2 rings (SSSR count). The smallest absolute Gasteiger partial charge is 0.231 e. The van der Waals surface area contributed by atoms with E-state index < -0.39 is 0 Å². The van der Waals surface area contributed by atoms with Crippen LogP contribution in [-0.2, 0) is 4.79 Å². The first kappa shape index (κ1) is 15.1. The summed E-state index contributed by atoms with van der Waals surface area (Å²) >= 11 is 5.99. The Morgan fingerprint density at radius 3 is 2.95 bits per heavy atom. The number of carbonyl (C=O) groups excluding carboxylic acids is 1. The topological polar surface area (TPSA) is 50.4 Å². The van der Waals surface area contributed by atoms with Crippen LogP contribution in [0.1, 0.15) is 26.2 Å². The fraction of sp³-hybridized carbons (Fsp3) is 0.533. The third-order valence-corrected chi connectivity index (χ3v) is 4.18. The van der Waals surface area contributed by atoms with Gasteiger partial charge in [-0.15, -0.1) is 0 Å². The van der Waals surface area contributed by atoms with Crippen molar-refractivity contribution in [1.29, 1.82) is 0 Å². The largest absolute Gasteiger partial charge is 0.495 e. The minimum atomic E-state index is -0.290. The molecule has 1 heterocycles. The minimum absolute atomic E-state index is 0.0775. The summed E-state index contributed by atoms with van der Waals surface area (Å²) in [6, 6.07) is 5.28. The number of halogens is 1. The Balaban J connectivity index is 2.14. The molecule has 0 bridgehead atoms. The lowest BCUT2D eigenvalue weighted by molar-refractivity contribution is -0.125. The molecule has 0 saturated carbocycles. The van der Waals surface area contributed by atoms with E-state index in [2.05, 4.69) is 17.6 Å². The molecule has 1 atom stereocenters. The fourth-order valence-electron chi connectivity index (χ4n) is 2.74. The molecule has 0 aromatic heterocycles. The van der Waals surface area contributed by atoms with Crippen LogP contribution in [0, 0.1) is 5.41 Å². The van der Waals surface area contributed by atoms with Crippen LogP contribution in [0.5, 0.6) is 5.75 Å². The van der Waals surface area contributed by atoms with E-state index in [1.807, 2.05) is 0 Å². The number of rotatable bonds is 5. The molecule has 0 radical (unpaired) electrons. The fourth-order valence-corrected chi connectivity index (χ4v) is 2.94. The summed E-state index contributed by atoms with van der Waals surface area (Å²) in [5, 5.41) is 6.82. The maximum atomic E-state index is 12.6. The first-order valence-electron chi connectivity index (χ1n) is 6.97. The van der Waals surface area contributed by atoms with Crippen molar-refractivity contribution < 1.29 is 9.53 Å². The van der Waals surface area contributed by atoms with Crippen LogP contribution in [0.15, 0.2) is 18.2 Å². The van der Waals surface area contributed by atoms with Gasteiger partial charge in [0.1, 0.15) is 5.75 Å². The molecule has 1 aromatic carbocycles. The molecule has 5 heteroatoms. The van der Waals surface area contributed by atoms with Crippen molar-refractivity contribution in [1.82, 2.24) is 5.32 Å². The van der Waals surface area contributed by atoms with Crippen LogP contribution in [0.25, 0.3) is 0 Å². The van der Waals surface area contributed by atoms with E-state index in [1.165, 1.54) is 0 Å². The summed E-state index contributed by atoms with van der Waals surface area (Å²) < 4.78 is 5.17. The first-order valence-corrected chi connectivity index (χ1v) is 7.35. The molecule has 1 aromatic rings. The zero-order valence-electron chi connectivity index (χ0n) is 12.0. The second kappa shape index (κ2) is 6.46. The molecule has 110 valence electrons. The molecule has 20 heavy (non-hydrogen) atoms. The number of benzene rings is 1. The summed E-state index contributed by atoms with van der Waals surface area (Å²) in [5.41, 5.74) is 0.431. The Hall–Kier alpha value is -1.26. The molecular formula is C15H21ClN2O2. The predicted molar refractivity (Wildman–Crippen MR) is 81.5 cm³/mol. The number of nitrogens with one attached hydrogen (secondary N) is 2. The highest BCUT2D eigenvalue weighted by Gasteiger charge is 2.40. The first-order chi connectivity index (χ1) is 9.61. The van der Waals surface area contributed by atoms with Crippen molar-refractivity contribution in [2.24, 2.45) is 5.41 Å². The Kier molecular flexibility index (Phi) is 4.89. The third kappa shape index (κ3) is 3.07. The SMILES string of the molecule is CCCC1(C(=O)Nc2ccc(Cl)c(OC)c2)CCNC1. The summed E-state index contributed by atoms with van der Waals surface area (Å²) in [5.74, 6) is 0.646. The molecule has 2 N–H and O–H groups in total. The van der Waals surface area contributed by atoms with E-state index in [0.29, 0.717) is 10.8 Å². The molecule has 1 saturated heterocycles. The predicted octanol–water partition coefficient (Wildman–Crippen LogP) is 3.07. The maximum Gasteiger partial charge on any atom is 0.231 e. The second-order valence-electron chi connectivity index (χ2n) is 5.26. The summed E-state index contributed by atoms with van der Waals surface area (Å²) in [6.07, 6.45) is 2.78. The molecule has 1 aliphatic rings. The van der Waals surface area contributed by atoms with Crippen LogP contribution >= 0.6 is 11.6 Å². The number of hydrogen-bond acceptors (Lipinski definition) is 3. The van der Waals surface area contributed by atoms with Crippen LogP contribution in [-0.4, -0.2) is 26.1 Å². The Morgan fingerprint density at radius 1 is 1.55 bits per heavy atom. The van der Waals surface area contributed by atoms with Gasteiger partial charge < -0.3 is 15.4 Å². The van der Waals surface area contributed by atoms with Crippen LogP contribution < -0.4 is 15.4 Å². The van der Waals surface area contributed by atoms with E-state index in [9.17, 15) is 4.79 Å². The Morgan fingerprint density at radius 2 is 2.35 bits per heavy atom. The van der Waals surface area contributed by atoms with Crippen LogP contribution in [0.4, 0.5) is 5.69 Å². The van der Waals surface area contributed by atoms with Crippen molar-refractivity contribution in [2.45, 2.75) is 26.2 Å². The molecule has 1 amide bonds. The average molecular weight is 297 g/mol. The van der Waals surface area contributed by atoms with Crippen LogP contribution in [0.3, 0.4) is 0 Å². The van der Waals surface area contributed by atoms with E-state index >= 15 is 0 Å². The van der Waals surface area contributed by atoms with Gasteiger partial charge in [0.25, 0.3) is 0 Å². The van der Waals surface area contributed by atoms with Crippen molar-refractivity contribution in [2.75, 3.05) is 25.5 Å². The van der Waals surface area contributed by atoms with Crippen molar-refractivity contribution >= 4 is 23.2 Å². The molecule has 1 aliphatic heterocycles. The third-order valence-electron chi connectivity index (χ3n) is 3.86. The monoisotopic (exact) mass is 296 g/mol. The van der Waals surface area contributed by atoms with Crippen molar-refractivity contribution in [3.63, 3.8) is 0 Å². The van der Waals surface area contributed by atoms with Gasteiger partial charge in [0, 0.05) is 18.3 Å². The van der Waals surface area contributed by atoms with Gasteiger partial charge >= 0.3 is 0 Å². The zero-order chi connectivity index (χ0) is 14.6. The van der Waals surface area contributed by atoms with E-state index in [-0.39, 0.29) is 11.3 Å². The minimum Gasteiger partial charge on any atom is -0.495 e. The van der Waals surface area contributed by atoms with Gasteiger partial charge in [-0.1, -0.05) is 24.9 Å². The standard InChI is InChI=1S/C15H21ClN2O2/c1-3-6-15(7-8-17-10-15)14(19)18-11-4-5-12(16)13(9-11)20-2/h4-5,9,17H,3,6-8,10H2,1-2H3,(H,18,19). The number of hydrogen-bond donors (Lipinski definition) is 2. The highest BCUT2D eigenvalue weighted by Crippen LogP contribution is 2.34. The molecule has 0 spiro atoms. The summed E-state index contributed by atoms with van der Waals surface area (Å²) in [6.45, 7) is 3.76. The van der Waals surface area contributed by atoms with Gasteiger partial charge in [0.05, 0.1) is 17.5 Å². The normalized spacial score (nSPS) is 21.8. The highest BCUT2D eigenvalue weighted by atomic mass is 35.5. The average Bonchev–Trinajstić information content (AvgIpc) is 2.91. The van der Waals surface area contributed by atoms with Gasteiger partial charge in [-0.2, -0.15) is 0 Å². The zero-order valence-corrected chi connectivity index (χ0v) is 12.7. The van der Waals surface area contributed by atoms with Crippen LogP contribution in [0.2, 0.25) is 5.02 Å². The van der Waals surface area contributed by atoms with Gasteiger partial charge in [-0.3, -0.25) is 4.79 Å². The maximum absolute atomic E-state index is 12.6. The van der Waals surface area contributed by atoms with E-state index in [4.69, 9.17) is 16.3 Å². The molecule has 0 aliphatic carbocycles. The molecule has 1 unspecified atom stereocenters. The summed E-state index contributed by atoms with van der Waals surface area (Å²) in [4.78, 5) is 12.6. The number of anilines is 1. The number of carbonyl (C=O) groups is 1. The Labute approximate surface area is 124 Å². The van der Waals surface area contributed by atoms with Crippen molar-refractivity contribution in [3.05, 3.63) is 23.2 Å². The van der Waals surface area contributed by atoms with Crippen molar-refractivity contribution in [3.8, 4) is 5.75 Å². The molecule has 4 nitrogen and oxygen atoms in total. The lowest BCUT2D eigenvalue weighted by Crippen LogP contribution is -2.38. The van der Waals surface area contributed by atoms with Gasteiger partial charge in [0.15, 0.2) is 0 Å². The highest BCUT2D eigenvalue weighted by molar-refractivity contribution is 6.32. The number of ether oxygens (including phenoxy) is 1. The number of methoxy groups -OCH3 is 1. The molecular weight excluding hydrogens is 276 g/mol. The second-order valence-corrected chi connectivity index (χ2v) is 5.67. The van der Waals surface area contributed by atoms with Gasteiger partial charge in [0.2, 0.25) is 5.91 Å². The van der Waals surface area contributed by atoms with Gasteiger partial charge in [-0.25, -0.2) is 0 Å². The quantitative estimate of drug-likeness (QED) is 0.878. The number of amides is 1. The Bertz CT molecular complexity index is 485. The lowest BCUT2D eigenvalue weighted by atomic mass is 9.81.